The highest BCUT2D eigenvalue weighted by molar-refractivity contribution is 9.10. The Morgan fingerprint density at radius 1 is 1.11 bits per heavy atom. The lowest BCUT2D eigenvalue weighted by Gasteiger charge is -2.18. The van der Waals surface area contributed by atoms with E-state index in [4.69, 9.17) is 4.74 Å². The highest BCUT2D eigenvalue weighted by Gasteiger charge is 2.12. The van der Waals surface area contributed by atoms with Crippen molar-refractivity contribution in [1.29, 1.82) is 0 Å². The van der Waals surface area contributed by atoms with Crippen LogP contribution in [-0.2, 0) is 6.61 Å². The van der Waals surface area contributed by atoms with Crippen molar-refractivity contribution in [2.24, 2.45) is 0 Å². The minimum absolute atomic E-state index is 0.0315. The molecule has 94 valence electrons. The van der Waals surface area contributed by atoms with E-state index < -0.39 is 0 Å². The van der Waals surface area contributed by atoms with E-state index in [0.29, 0.717) is 5.75 Å². The molecule has 0 fully saturated rings. The highest BCUT2D eigenvalue weighted by atomic mass is 79.9. The fourth-order valence-electron chi connectivity index (χ4n) is 1.78. The number of halogens is 1. The Kier molecular flexibility index (Phi) is 4.39. The Morgan fingerprint density at radius 2 is 1.83 bits per heavy atom. The summed E-state index contributed by atoms with van der Waals surface area (Å²) in [4.78, 5) is 0. The van der Waals surface area contributed by atoms with Gasteiger partial charge in [0.2, 0.25) is 0 Å². The molecule has 2 aromatic carbocycles. The molecule has 0 aliphatic carbocycles. The molecule has 18 heavy (non-hydrogen) atoms. The predicted octanol–water partition coefficient (Wildman–Crippen LogP) is 4.08. The van der Waals surface area contributed by atoms with E-state index in [0.717, 1.165) is 15.6 Å². The molecule has 0 bridgehead atoms. The normalized spacial score (nSPS) is 12.2. The van der Waals surface area contributed by atoms with Crippen molar-refractivity contribution in [2.75, 3.05) is 0 Å². The first-order chi connectivity index (χ1) is 8.72. The molecule has 0 saturated heterocycles. The third-order valence-corrected chi connectivity index (χ3v) is 3.41. The van der Waals surface area contributed by atoms with Crippen LogP contribution < -0.4 is 4.74 Å². The third-order valence-electron chi connectivity index (χ3n) is 2.78. The van der Waals surface area contributed by atoms with Crippen LogP contribution in [0.5, 0.6) is 5.75 Å². The van der Waals surface area contributed by atoms with Gasteiger partial charge in [0.25, 0.3) is 0 Å². The van der Waals surface area contributed by atoms with Crippen LogP contribution in [0, 0.1) is 0 Å². The summed E-state index contributed by atoms with van der Waals surface area (Å²) in [5, 5.41) is 9.33. The zero-order valence-corrected chi connectivity index (χ0v) is 11.7. The Balaban J connectivity index is 2.24. The van der Waals surface area contributed by atoms with E-state index in [1.54, 1.807) is 0 Å². The highest BCUT2D eigenvalue weighted by Crippen LogP contribution is 2.32. The quantitative estimate of drug-likeness (QED) is 0.922. The Labute approximate surface area is 115 Å². The first kappa shape index (κ1) is 13.1. The first-order valence-corrected chi connectivity index (χ1v) is 6.61. The number of aliphatic hydroxyl groups excluding tert-OH is 1. The van der Waals surface area contributed by atoms with E-state index in [9.17, 15) is 5.11 Å². The fourth-order valence-corrected chi connectivity index (χ4v) is 2.28. The van der Waals surface area contributed by atoms with Crippen molar-refractivity contribution < 1.29 is 9.84 Å². The average molecular weight is 307 g/mol. The zero-order chi connectivity index (χ0) is 13.0. The monoisotopic (exact) mass is 306 g/mol. The van der Waals surface area contributed by atoms with Crippen molar-refractivity contribution in [3.63, 3.8) is 0 Å². The van der Waals surface area contributed by atoms with Crippen LogP contribution in [0.3, 0.4) is 0 Å². The maximum absolute atomic E-state index is 9.33. The summed E-state index contributed by atoms with van der Waals surface area (Å²) < 4.78 is 6.80. The second-order valence-corrected chi connectivity index (χ2v) is 4.91. The van der Waals surface area contributed by atoms with Crippen LogP contribution in [0.1, 0.15) is 24.2 Å². The van der Waals surface area contributed by atoms with E-state index in [2.05, 4.69) is 15.9 Å². The molecule has 0 aliphatic rings. The molecule has 2 nitrogen and oxygen atoms in total. The average Bonchev–Trinajstić information content (AvgIpc) is 2.42. The Hall–Kier alpha value is -1.32. The van der Waals surface area contributed by atoms with E-state index in [-0.39, 0.29) is 12.7 Å². The lowest BCUT2D eigenvalue weighted by atomic mass is 10.1. The summed E-state index contributed by atoms with van der Waals surface area (Å²) in [6, 6.07) is 15.7. The molecular formula is C15H15BrO2. The van der Waals surface area contributed by atoms with Gasteiger partial charge >= 0.3 is 0 Å². The van der Waals surface area contributed by atoms with Crippen molar-refractivity contribution in [3.05, 3.63) is 64.1 Å². The van der Waals surface area contributed by atoms with Gasteiger partial charge in [0.05, 0.1) is 11.1 Å². The van der Waals surface area contributed by atoms with Gasteiger partial charge in [-0.15, -0.1) is 0 Å². The minimum atomic E-state index is -0.0600. The molecule has 0 aliphatic heterocycles. The molecular weight excluding hydrogens is 292 g/mol. The fraction of sp³-hybridized carbons (Fsp3) is 0.200. The molecule has 1 N–H and O–H groups in total. The molecule has 3 heteroatoms. The lowest BCUT2D eigenvalue weighted by molar-refractivity contribution is 0.212. The molecule has 0 radical (unpaired) electrons. The van der Waals surface area contributed by atoms with Crippen LogP contribution in [0.4, 0.5) is 0 Å². The van der Waals surface area contributed by atoms with Crippen molar-refractivity contribution in [2.45, 2.75) is 19.6 Å². The first-order valence-electron chi connectivity index (χ1n) is 5.82. The smallest absolute Gasteiger partial charge is 0.139 e. The molecule has 0 saturated carbocycles. The van der Waals surface area contributed by atoms with Gasteiger partial charge in [-0.25, -0.2) is 0 Å². The molecule has 0 spiro atoms. The summed E-state index contributed by atoms with van der Waals surface area (Å²) in [6.07, 6.45) is -0.0600. The van der Waals surface area contributed by atoms with Crippen LogP contribution >= 0.6 is 15.9 Å². The minimum Gasteiger partial charge on any atom is -0.484 e. The summed E-state index contributed by atoms with van der Waals surface area (Å²) in [5.74, 6) is 0.705. The number of ether oxygens (including phenoxy) is 1. The Morgan fingerprint density at radius 3 is 2.50 bits per heavy atom. The van der Waals surface area contributed by atoms with E-state index in [1.165, 1.54) is 0 Å². The van der Waals surface area contributed by atoms with Crippen molar-refractivity contribution >= 4 is 15.9 Å². The van der Waals surface area contributed by atoms with Gasteiger partial charge in [0.15, 0.2) is 0 Å². The molecule has 0 heterocycles. The number of aliphatic hydroxyl groups is 1. The standard InChI is InChI=1S/C15H15BrO2/c1-11(12-6-3-2-4-7-12)18-15-13(10-17)8-5-9-14(15)16/h2-9,11,17H,10H2,1H3. The zero-order valence-electron chi connectivity index (χ0n) is 10.1. The maximum Gasteiger partial charge on any atom is 0.139 e. The van der Waals surface area contributed by atoms with Crippen LogP contribution in [-0.4, -0.2) is 5.11 Å². The van der Waals surface area contributed by atoms with Gasteiger partial charge in [0, 0.05) is 5.56 Å². The van der Waals surface area contributed by atoms with Gasteiger partial charge in [-0.3, -0.25) is 0 Å². The number of hydrogen-bond donors (Lipinski definition) is 1. The molecule has 2 aromatic rings. The van der Waals surface area contributed by atoms with Gasteiger partial charge in [0.1, 0.15) is 11.9 Å². The number of benzene rings is 2. The maximum atomic E-state index is 9.33. The number of hydrogen-bond acceptors (Lipinski definition) is 2. The van der Waals surface area contributed by atoms with Gasteiger partial charge in [-0.1, -0.05) is 42.5 Å². The van der Waals surface area contributed by atoms with Crippen LogP contribution in [0.25, 0.3) is 0 Å². The van der Waals surface area contributed by atoms with Crippen LogP contribution in [0.15, 0.2) is 53.0 Å². The predicted molar refractivity (Wildman–Crippen MR) is 75.5 cm³/mol. The second-order valence-electron chi connectivity index (χ2n) is 4.06. The molecule has 0 amide bonds. The largest absolute Gasteiger partial charge is 0.484 e. The number of para-hydroxylation sites is 1. The van der Waals surface area contributed by atoms with Gasteiger partial charge in [-0.2, -0.15) is 0 Å². The van der Waals surface area contributed by atoms with E-state index >= 15 is 0 Å². The molecule has 1 atom stereocenters. The summed E-state index contributed by atoms with van der Waals surface area (Å²) in [7, 11) is 0. The molecule has 1 unspecified atom stereocenters. The van der Waals surface area contributed by atoms with Gasteiger partial charge in [-0.05, 0) is 34.5 Å². The van der Waals surface area contributed by atoms with Crippen LogP contribution in [0.2, 0.25) is 0 Å². The number of rotatable bonds is 4. The second kappa shape index (κ2) is 6.03. The van der Waals surface area contributed by atoms with Crippen molar-refractivity contribution in [1.82, 2.24) is 0 Å². The summed E-state index contributed by atoms with van der Waals surface area (Å²) in [5.41, 5.74) is 1.89. The molecule has 0 aromatic heterocycles. The van der Waals surface area contributed by atoms with Gasteiger partial charge < -0.3 is 9.84 Å². The van der Waals surface area contributed by atoms with Crippen molar-refractivity contribution in [3.8, 4) is 5.75 Å². The molecule has 2 rings (SSSR count). The third kappa shape index (κ3) is 2.92. The SMILES string of the molecule is CC(Oc1c(Br)cccc1CO)c1ccccc1. The Bertz CT molecular complexity index is 511. The summed E-state index contributed by atoms with van der Waals surface area (Å²) in [6.45, 7) is 1.96. The topological polar surface area (TPSA) is 29.5 Å². The summed E-state index contributed by atoms with van der Waals surface area (Å²) >= 11 is 3.45. The van der Waals surface area contributed by atoms with E-state index in [1.807, 2.05) is 55.5 Å². The lowest BCUT2D eigenvalue weighted by Crippen LogP contribution is -2.05.